The zero-order valence-electron chi connectivity index (χ0n) is 16.6. The Hall–Kier alpha value is -4.05. The van der Waals surface area contributed by atoms with Gasteiger partial charge < -0.3 is 19.5 Å². The number of ether oxygens (including phenoxy) is 3. The minimum absolute atomic E-state index is 0.0909. The van der Waals surface area contributed by atoms with Crippen LogP contribution >= 0.6 is 0 Å². The second-order valence-electron chi connectivity index (χ2n) is 6.69. The first-order valence-corrected chi connectivity index (χ1v) is 10.9. The molecule has 0 radical (unpaired) electrons. The van der Waals surface area contributed by atoms with Crippen molar-refractivity contribution in [2.75, 3.05) is 23.4 Å². The Morgan fingerprint density at radius 3 is 2.47 bits per heavy atom. The van der Waals surface area contributed by atoms with E-state index in [2.05, 4.69) is 10.0 Å². The largest absolute Gasteiger partial charge is 0.454 e. The third kappa shape index (κ3) is 4.98. The predicted octanol–water partition coefficient (Wildman–Crippen LogP) is 3.01. The molecule has 0 saturated carbocycles. The number of fused-ring (bicyclic) bond motifs is 1. The molecular weight excluding hydrogens is 436 g/mol. The lowest BCUT2D eigenvalue weighted by atomic mass is 10.2. The Bertz CT molecular complexity index is 1260. The van der Waals surface area contributed by atoms with Gasteiger partial charge in [0.25, 0.3) is 15.9 Å². The third-order valence-corrected chi connectivity index (χ3v) is 5.79. The normalized spacial score (nSPS) is 12.1. The number of benzene rings is 3. The molecule has 2 N–H and O–H groups in total. The van der Waals surface area contributed by atoms with Crippen molar-refractivity contribution in [2.24, 2.45) is 0 Å². The number of esters is 1. The molecule has 0 aliphatic carbocycles. The molecule has 10 heteroatoms. The van der Waals surface area contributed by atoms with Crippen LogP contribution in [0.2, 0.25) is 0 Å². The van der Waals surface area contributed by atoms with Crippen LogP contribution in [-0.4, -0.2) is 33.7 Å². The van der Waals surface area contributed by atoms with Crippen molar-refractivity contribution in [3.05, 3.63) is 78.4 Å². The minimum Gasteiger partial charge on any atom is -0.454 e. The number of carbonyl (C=O) groups excluding carboxylic acids is 2. The average molecular weight is 454 g/mol. The molecule has 0 aromatic heterocycles. The molecule has 0 unspecified atom stereocenters. The molecule has 4 rings (SSSR count). The zero-order chi connectivity index (χ0) is 22.6. The molecule has 32 heavy (non-hydrogen) atoms. The van der Waals surface area contributed by atoms with E-state index in [-0.39, 0.29) is 22.9 Å². The maximum absolute atomic E-state index is 12.4. The van der Waals surface area contributed by atoms with Gasteiger partial charge in [0.2, 0.25) is 6.79 Å². The summed E-state index contributed by atoms with van der Waals surface area (Å²) in [5.74, 6) is -0.225. The van der Waals surface area contributed by atoms with E-state index in [0.29, 0.717) is 17.2 Å². The smallest absolute Gasteiger partial charge is 0.338 e. The second-order valence-corrected chi connectivity index (χ2v) is 8.37. The van der Waals surface area contributed by atoms with Crippen molar-refractivity contribution in [3.63, 3.8) is 0 Å². The van der Waals surface area contributed by atoms with Crippen LogP contribution in [0.1, 0.15) is 10.4 Å². The molecule has 0 atom stereocenters. The number of anilines is 2. The summed E-state index contributed by atoms with van der Waals surface area (Å²) in [6.07, 6.45) is 0. The highest BCUT2D eigenvalue weighted by Gasteiger charge is 2.17. The van der Waals surface area contributed by atoms with Crippen LogP contribution in [0.4, 0.5) is 11.4 Å². The standard InChI is InChI=1S/C22H18N2O7S/c25-21(23-16-9-10-19-20(12-16)31-14-30-19)13-29-22(26)15-5-4-6-17(11-15)24-32(27,28)18-7-2-1-3-8-18/h1-12,24H,13-14H2,(H,23,25). The molecule has 164 valence electrons. The number of sulfonamides is 1. The molecule has 0 fully saturated rings. The summed E-state index contributed by atoms with van der Waals surface area (Å²) in [7, 11) is -3.81. The summed E-state index contributed by atoms with van der Waals surface area (Å²) in [6.45, 7) is -0.405. The number of rotatable bonds is 7. The van der Waals surface area contributed by atoms with Crippen LogP contribution in [0.3, 0.4) is 0 Å². The molecule has 9 nitrogen and oxygen atoms in total. The molecule has 0 saturated heterocycles. The summed E-state index contributed by atoms with van der Waals surface area (Å²) >= 11 is 0. The first-order chi connectivity index (χ1) is 15.4. The molecule has 1 heterocycles. The van der Waals surface area contributed by atoms with Gasteiger partial charge in [-0.2, -0.15) is 0 Å². The van der Waals surface area contributed by atoms with Crippen molar-refractivity contribution in [1.82, 2.24) is 0 Å². The van der Waals surface area contributed by atoms with Crippen LogP contribution < -0.4 is 19.5 Å². The molecular formula is C22H18N2O7S. The zero-order valence-corrected chi connectivity index (χ0v) is 17.4. The van der Waals surface area contributed by atoms with Crippen LogP contribution in [0.15, 0.2) is 77.7 Å². The Kier molecular flexibility index (Phi) is 5.95. The average Bonchev–Trinajstić information content (AvgIpc) is 3.26. The van der Waals surface area contributed by atoms with Gasteiger partial charge in [0, 0.05) is 17.4 Å². The predicted molar refractivity (Wildman–Crippen MR) is 115 cm³/mol. The number of nitrogens with one attached hydrogen (secondary N) is 2. The van der Waals surface area contributed by atoms with Gasteiger partial charge >= 0.3 is 5.97 Å². The van der Waals surface area contributed by atoms with E-state index in [0.717, 1.165) is 0 Å². The van der Waals surface area contributed by atoms with Gasteiger partial charge in [-0.3, -0.25) is 9.52 Å². The second kappa shape index (κ2) is 8.98. The van der Waals surface area contributed by atoms with E-state index >= 15 is 0 Å². The van der Waals surface area contributed by atoms with Crippen molar-refractivity contribution >= 4 is 33.3 Å². The molecule has 0 spiro atoms. The molecule has 3 aromatic rings. The van der Waals surface area contributed by atoms with Crippen LogP contribution in [-0.2, 0) is 19.6 Å². The highest BCUT2D eigenvalue weighted by molar-refractivity contribution is 7.92. The van der Waals surface area contributed by atoms with E-state index in [9.17, 15) is 18.0 Å². The quantitative estimate of drug-likeness (QED) is 0.527. The first kappa shape index (κ1) is 21.2. The summed E-state index contributed by atoms with van der Waals surface area (Å²) in [6, 6.07) is 18.5. The summed E-state index contributed by atoms with van der Waals surface area (Å²) in [5.41, 5.74) is 0.745. The van der Waals surface area contributed by atoms with Gasteiger partial charge in [0.05, 0.1) is 10.5 Å². The lowest BCUT2D eigenvalue weighted by Crippen LogP contribution is -2.21. The summed E-state index contributed by atoms with van der Waals surface area (Å²) in [5, 5.41) is 2.60. The number of hydrogen-bond acceptors (Lipinski definition) is 7. The van der Waals surface area contributed by atoms with Crippen molar-refractivity contribution in [1.29, 1.82) is 0 Å². The topological polar surface area (TPSA) is 120 Å². The monoisotopic (exact) mass is 454 g/mol. The van der Waals surface area contributed by atoms with Gasteiger partial charge in [0.15, 0.2) is 18.1 Å². The fourth-order valence-electron chi connectivity index (χ4n) is 2.91. The maximum Gasteiger partial charge on any atom is 0.338 e. The molecule has 1 amide bonds. The highest BCUT2D eigenvalue weighted by Crippen LogP contribution is 2.34. The minimum atomic E-state index is -3.81. The Morgan fingerprint density at radius 2 is 1.66 bits per heavy atom. The van der Waals surface area contributed by atoms with E-state index in [1.807, 2.05) is 0 Å². The van der Waals surface area contributed by atoms with Crippen LogP contribution in [0.25, 0.3) is 0 Å². The number of carbonyl (C=O) groups is 2. The number of amides is 1. The Balaban J connectivity index is 1.35. The van der Waals surface area contributed by atoms with E-state index < -0.39 is 28.5 Å². The Morgan fingerprint density at radius 1 is 0.875 bits per heavy atom. The molecule has 1 aliphatic rings. The van der Waals surface area contributed by atoms with Crippen molar-refractivity contribution < 1.29 is 32.2 Å². The van der Waals surface area contributed by atoms with Gasteiger partial charge in [-0.25, -0.2) is 13.2 Å². The van der Waals surface area contributed by atoms with Crippen molar-refractivity contribution in [3.8, 4) is 11.5 Å². The summed E-state index contributed by atoms with van der Waals surface area (Å²) < 4.78 is 42.8. The lowest BCUT2D eigenvalue weighted by Gasteiger charge is -2.10. The molecule has 3 aromatic carbocycles. The van der Waals surface area contributed by atoms with Gasteiger partial charge in [0.1, 0.15) is 0 Å². The van der Waals surface area contributed by atoms with Crippen LogP contribution in [0.5, 0.6) is 11.5 Å². The van der Waals surface area contributed by atoms with Crippen LogP contribution in [0, 0.1) is 0 Å². The van der Waals surface area contributed by atoms with Gasteiger partial charge in [-0.1, -0.05) is 24.3 Å². The van der Waals surface area contributed by atoms with Gasteiger partial charge in [-0.05, 0) is 42.5 Å². The third-order valence-electron chi connectivity index (χ3n) is 4.39. The van der Waals surface area contributed by atoms with E-state index in [1.54, 1.807) is 36.4 Å². The highest BCUT2D eigenvalue weighted by atomic mass is 32.2. The fourth-order valence-corrected chi connectivity index (χ4v) is 3.98. The SMILES string of the molecule is O=C(COC(=O)c1cccc(NS(=O)(=O)c2ccccc2)c1)Nc1ccc2c(c1)OCO2. The number of hydrogen-bond donors (Lipinski definition) is 2. The maximum atomic E-state index is 12.4. The van der Waals surface area contributed by atoms with E-state index in [4.69, 9.17) is 14.2 Å². The summed E-state index contributed by atoms with van der Waals surface area (Å²) in [4.78, 5) is 24.5. The fraction of sp³-hybridized carbons (Fsp3) is 0.0909. The van der Waals surface area contributed by atoms with E-state index in [1.165, 1.54) is 36.4 Å². The Labute approximate surface area is 184 Å². The lowest BCUT2D eigenvalue weighted by molar-refractivity contribution is -0.119. The first-order valence-electron chi connectivity index (χ1n) is 9.45. The molecule has 1 aliphatic heterocycles. The van der Waals surface area contributed by atoms with Crippen molar-refractivity contribution in [2.45, 2.75) is 4.90 Å². The van der Waals surface area contributed by atoms with Gasteiger partial charge in [-0.15, -0.1) is 0 Å². The molecule has 0 bridgehead atoms.